The maximum Gasteiger partial charge on any atom is 0.255 e. The maximum atomic E-state index is 12.7. The Morgan fingerprint density at radius 3 is 2.41 bits per heavy atom. The molecule has 0 spiro atoms. The van der Waals surface area contributed by atoms with Crippen LogP contribution in [0.1, 0.15) is 26.3 Å². The first kappa shape index (κ1) is 18.9. The lowest BCUT2D eigenvalue weighted by Gasteiger charge is -2.32. The maximum absolute atomic E-state index is 12.7. The highest BCUT2D eigenvalue weighted by atomic mass is 35.5. The van der Waals surface area contributed by atoms with Crippen LogP contribution in [0, 0.1) is 6.92 Å². The van der Waals surface area contributed by atoms with Crippen molar-refractivity contribution in [3.8, 4) is 0 Å². The van der Waals surface area contributed by atoms with Crippen LogP contribution in [0.15, 0.2) is 42.5 Å². The predicted octanol–water partition coefficient (Wildman–Crippen LogP) is 2.81. The van der Waals surface area contributed by atoms with Crippen LogP contribution < -0.4 is 5.32 Å². The Balaban J connectivity index is 1.73. The number of halogens is 1. The van der Waals surface area contributed by atoms with E-state index in [2.05, 4.69) is 5.32 Å². The third kappa shape index (κ3) is 4.28. The highest BCUT2D eigenvalue weighted by molar-refractivity contribution is 6.31. The van der Waals surface area contributed by atoms with Gasteiger partial charge in [-0.3, -0.25) is 14.4 Å². The fraction of sp³-hybridized carbons (Fsp3) is 0.250. The molecule has 1 saturated heterocycles. The molecule has 0 saturated carbocycles. The van der Waals surface area contributed by atoms with E-state index in [0.717, 1.165) is 12.0 Å². The first-order chi connectivity index (χ1) is 13.0. The zero-order valence-electron chi connectivity index (χ0n) is 14.9. The van der Waals surface area contributed by atoms with Crippen LogP contribution in [0.25, 0.3) is 0 Å². The summed E-state index contributed by atoms with van der Waals surface area (Å²) in [4.78, 5) is 39.4. The summed E-state index contributed by atoms with van der Waals surface area (Å²) in [5.41, 5.74) is 2.26. The van der Waals surface area contributed by atoms with Crippen molar-refractivity contribution >= 4 is 35.5 Å². The molecule has 6 nitrogen and oxygen atoms in total. The van der Waals surface area contributed by atoms with E-state index in [1.54, 1.807) is 52.3 Å². The Hall–Kier alpha value is -2.86. The average molecular weight is 386 g/mol. The van der Waals surface area contributed by atoms with E-state index in [4.69, 9.17) is 11.6 Å². The lowest BCUT2D eigenvalue weighted by Crippen LogP contribution is -2.48. The van der Waals surface area contributed by atoms with E-state index in [0.29, 0.717) is 48.0 Å². The van der Waals surface area contributed by atoms with Gasteiger partial charge in [0.2, 0.25) is 6.41 Å². The summed E-state index contributed by atoms with van der Waals surface area (Å²) >= 11 is 6.09. The molecule has 0 bridgehead atoms. The Morgan fingerprint density at radius 2 is 1.70 bits per heavy atom. The number of hydrogen-bond acceptors (Lipinski definition) is 3. The summed E-state index contributed by atoms with van der Waals surface area (Å²) in [5.74, 6) is -0.449. The minimum absolute atomic E-state index is 0.144. The summed E-state index contributed by atoms with van der Waals surface area (Å²) in [6, 6.07) is 11.9. The van der Waals surface area contributed by atoms with Gasteiger partial charge in [-0.2, -0.15) is 0 Å². The summed E-state index contributed by atoms with van der Waals surface area (Å²) in [7, 11) is 0. The number of amides is 3. The van der Waals surface area contributed by atoms with Gasteiger partial charge < -0.3 is 15.1 Å². The van der Waals surface area contributed by atoms with E-state index in [1.807, 2.05) is 6.92 Å². The predicted molar refractivity (Wildman–Crippen MR) is 104 cm³/mol. The van der Waals surface area contributed by atoms with E-state index in [-0.39, 0.29) is 11.8 Å². The van der Waals surface area contributed by atoms with Crippen LogP contribution in [-0.4, -0.2) is 54.2 Å². The molecular formula is C20H20ClN3O3. The molecule has 3 amide bonds. The number of carbonyl (C=O) groups is 3. The van der Waals surface area contributed by atoms with Gasteiger partial charge in [0.1, 0.15) is 0 Å². The number of piperazine rings is 1. The molecule has 0 aliphatic carbocycles. The van der Waals surface area contributed by atoms with E-state index < -0.39 is 0 Å². The van der Waals surface area contributed by atoms with Gasteiger partial charge >= 0.3 is 0 Å². The van der Waals surface area contributed by atoms with Crippen molar-refractivity contribution in [2.75, 3.05) is 31.5 Å². The number of nitrogens with zero attached hydrogens (tertiary/aromatic N) is 2. The van der Waals surface area contributed by atoms with Gasteiger partial charge in [0.15, 0.2) is 0 Å². The molecule has 7 heteroatoms. The fourth-order valence-corrected chi connectivity index (χ4v) is 3.12. The van der Waals surface area contributed by atoms with Gasteiger partial charge in [-0.05, 0) is 42.8 Å². The first-order valence-electron chi connectivity index (χ1n) is 8.65. The van der Waals surface area contributed by atoms with Crippen molar-refractivity contribution in [3.63, 3.8) is 0 Å². The zero-order valence-corrected chi connectivity index (χ0v) is 15.7. The van der Waals surface area contributed by atoms with Crippen molar-refractivity contribution in [2.24, 2.45) is 0 Å². The normalized spacial score (nSPS) is 14.0. The third-order valence-electron chi connectivity index (χ3n) is 4.64. The van der Waals surface area contributed by atoms with Gasteiger partial charge in [0.25, 0.3) is 11.8 Å². The lowest BCUT2D eigenvalue weighted by atomic mass is 10.1. The third-order valence-corrected chi connectivity index (χ3v) is 5.05. The summed E-state index contributed by atoms with van der Waals surface area (Å²) < 4.78 is 0. The molecule has 0 unspecified atom stereocenters. The summed E-state index contributed by atoms with van der Waals surface area (Å²) in [5, 5.41) is 3.41. The molecule has 0 atom stereocenters. The monoisotopic (exact) mass is 385 g/mol. The molecular weight excluding hydrogens is 366 g/mol. The molecule has 1 fully saturated rings. The van der Waals surface area contributed by atoms with Crippen molar-refractivity contribution in [1.29, 1.82) is 0 Å². The minimum atomic E-state index is -0.305. The van der Waals surface area contributed by atoms with Gasteiger partial charge in [0, 0.05) is 48.0 Å². The van der Waals surface area contributed by atoms with Crippen molar-refractivity contribution in [3.05, 3.63) is 64.2 Å². The number of nitrogens with one attached hydrogen (secondary N) is 1. The highest BCUT2D eigenvalue weighted by Crippen LogP contribution is 2.23. The van der Waals surface area contributed by atoms with Crippen LogP contribution in [-0.2, 0) is 4.79 Å². The zero-order chi connectivity index (χ0) is 19.4. The van der Waals surface area contributed by atoms with Gasteiger partial charge in [0.05, 0.1) is 0 Å². The minimum Gasteiger partial charge on any atom is -0.342 e. The van der Waals surface area contributed by atoms with Gasteiger partial charge in [-0.25, -0.2) is 0 Å². The van der Waals surface area contributed by atoms with Crippen molar-refractivity contribution in [2.45, 2.75) is 6.92 Å². The van der Waals surface area contributed by atoms with E-state index in [1.165, 1.54) is 0 Å². The SMILES string of the molecule is Cc1c(Cl)cccc1NC(=O)c1cccc(C(=O)N2CCN(C=O)CC2)c1. The first-order valence-corrected chi connectivity index (χ1v) is 9.02. The van der Waals surface area contributed by atoms with E-state index in [9.17, 15) is 14.4 Å². The molecule has 27 heavy (non-hydrogen) atoms. The molecule has 0 radical (unpaired) electrons. The van der Waals surface area contributed by atoms with E-state index >= 15 is 0 Å². The standard InChI is InChI=1S/C20H20ClN3O3/c1-14-17(21)6-3-7-18(14)22-19(26)15-4-2-5-16(12-15)20(27)24-10-8-23(13-25)9-11-24/h2-7,12-13H,8-11H2,1H3,(H,22,26). The quantitative estimate of drug-likeness (QED) is 0.823. The van der Waals surface area contributed by atoms with Crippen LogP contribution in [0.3, 0.4) is 0 Å². The molecule has 140 valence electrons. The summed E-state index contributed by atoms with van der Waals surface area (Å²) in [6.07, 6.45) is 0.796. The molecule has 1 heterocycles. The Bertz CT molecular complexity index is 877. The number of benzene rings is 2. The summed E-state index contributed by atoms with van der Waals surface area (Å²) in [6.45, 7) is 3.83. The molecule has 2 aromatic carbocycles. The van der Waals surface area contributed by atoms with Gasteiger partial charge in [-0.15, -0.1) is 0 Å². The Morgan fingerprint density at radius 1 is 1.04 bits per heavy atom. The molecule has 1 aliphatic heterocycles. The second-order valence-corrected chi connectivity index (χ2v) is 6.79. The average Bonchev–Trinajstić information content (AvgIpc) is 2.71. The Kier molecular flexibility index (Phi) is 5.76. The highest BCUT2D eigenvalue weighted by Gasteiger charge is 2.22. The molecule has 1 N–H and O–H groups in total. The Labute approximate surface area is 162 Å². The van der Waals surface area contributed by atoms with Crippen LogP contribution >= 0.6 is 11.6 Å². The number of anilines is 1. The molecule has 3 rings (SSSR count). The van der Waals surface area contributed by atoms with Crippen LogP contribution in [0.5, 0.6) is 0 Å². The number of hydrogen-bond donors (Lipinski definition) is 1. The smallest absolute Gasteiger partial charge is 0.255 e. The number of carbonyl (C=O) groups excluding carboxylic acids is 3. The number of rotatable bonds is 4. The molecule has 2 aromatic rings. The van der Waals surface area contributed by atoms with Crippen LogP contribution in [0.4, 0.5) is 5.69 Å². The second-order valence-electron chi connectivity index (χ2n) is 6.38. The topological polar surface area (TPSA) is 69.7 Å². The second kappa shape index (κ2) is 8.22. The molecule has 1 aliphatic rings. The molecule has 0 aromatic heterocycles. The largest absolute Gasteiger partial charge is 0.342 e. The van der Waals surface area contributed by atoms with Gasteiger partial charge in [-0.1, -0.05) is 23.7 Å². The fourth-order valence-electron chi connectivity index (χ4n) is 2.94. The van der Waals surface area contributed by atoms with Crippen molar-refractivity contribution < 1.29 is 14.4 Å². The lowest BCUT2D eigenvalue weighted by molar-refractivity contribution is -0.119. The van der Waals surface area contributed by atoms with Crippen LogP contribution in [0.2, 0.25) is 5.02 Å². The van der Waals surface area contributed by atoms with Crippen molar-refractivity contribution in [1.82, 2.24) is 9.80 Å².